The molecule has 132 valence electrons. The number of carbonyl (C=O) groups excluding carboxylic acids is 1. The molecule has 1 N–H and O–H groups in total. The topological polar surface area (TPSA) is 32.3 Å². The Balaban J connectivity index is 1.53. The summed E-state index contributed by atoms with van der Waals surface area (Å²) in [6.45, 7) is 4.37. The highest BCUT2D eigenvalue weighted by atomic mass is 19.1. The molecule has 5 heteroatoms. The van der Waals surface area contributed by atoms with Crippen LogP contribution in [-0.4, -0.2) is 19.0 Å². The van der Waals surface area contributed by atoms with E-state index in [-0.39, 0.29) is 24.3 Å². The van der Waals surface area contributed by atoms with Gasteiger partial charge in [0, 0.05) is 30.9 Å². The maximum atomic E-state index is 13.6. The fourth-order valence-electron chi connectivity index (χ4n) is 3.13. The van der Waals surface area contributed by atoms with Gasteiger partial charge in [-0.15, -0.1) is 0 Å². The lowest BCUT2D eigenvalue weighted by Gasteiger charge is -2.18. The van der Waals surface area contributed by atoms with Crippen LogP contribution >= 0.6 is 0 Å². The molecule has 1 fully saturated rings. The average molecular weight is 344 g/mol. The molecule has 1 aliphatic heterocycles. The maximum absolute atomic E-state index is 13.6. The third kappa shape index (κ3) is 4.56. The second kappa shape index (κ2) is 7.64. The predicted molar refractivity (Wildman–Crippen MR) is 95.7 cm³/mol. The number of benzene rings is 2. The molecule has 1 unspecified atom stereocenters. The van der Waals surface area contributed by atoms with Crippen molar-refractivity contribution in [2.45, 2.75) is 26.2 Å². The summed E-state index contributed by atoms with van der Waals surface area (Å²) in [6, 6.07) is 11.0. The molecule has 0 radical (unpaired) electrons. The van der Waals surface area contributed by atoms with Gasteiger partial charge in [-0.3, -0.25) is 4.79 Å². The van der Waals surface area contributed by atoms with Crippen molar-refractivity contribution >= 4 is 17.3 Å². The molecule has 0 saturated carbocycles. The van der Waals surface area contributed by atoms with Crippen molar-refractivity contribution in [1.29, 1.82) is 0 Å². The monoisotopic (exact) mass is 344 g/mol. The number of hydrogen-bond acceptors (Lipinski definition) is 2. The molecular formula is C20H22F2N2O. The van der Waals surface area contributed by atoms with Crippen LogP contribution in [-0.2, 0) is 11.2 Å². The van der Waals surface area contributed by atoms with Gasteiger partial charge in [0.2, 0.25) is 5.91 Å². The molecule has 2 aromatic rings. The quantitative estimate of drug-likeness (QED) is 0.873. The van der Waals surface area contributed by atoms with Crippen LogP contribution in [0.25, 0.3) is 0 Å². The number of amides is 1. The first-order valence-corrected chi connectivity index (χ1v) is 8.60. The molecule has 3 rings (SSSR count). The first-order valence-electron chi connectivity index (χ1n) is 8.60. The lowest BCUT2D eigenvalue weighted by molar-refractivity contribution is -0.116. The first kappa shape index (κ1) is 17.4. The molecule has 0 aromatic heterocycles. The second-order valence-corrected chi connectivity index (χ2v) is 6.67. The Morgan fingerprint density at radius 2 is 1.96 bits per heavy atom. The van der Waals surface area contributed by atoms with Crippen molar-refractivity contribution in [3.8, 4) is 0 Å². The van der Waals surface area contributed by atoms with Gasteiger partial charge >= 0.3 is 0 Å². The number of hydrogen-bond donors (Lipinski definition) is 1. The van der Waals surface area contributed by atoms with Gasteiger partial charge in [-0.1, -0.05) is 6.92 Å². The van der Waals surface area contributed by atoms with E-state index in [0.717, 1.165) is 37.0 Å². The molecule has 25 heavy (non-hydrogen) atoms. The van der Waals surface area contributed by atoms with Crippen LogP contribution in [0.2, 0.25) is 0 Å². The van der Waals surface area contributed by atoms with E-state index in [2.05, 4.69) is 17.1 Å². The Bertz CT molecular complexity index is 746. The molecule has 1 heterocycles. The summed E-state index contributed by atoms with van der Waals surface area (Å²) >= 11 is 0. The lowest BCUT2D eigenvalue weighted by atomic mass is 10.1. The fraction of sp³-hybridized carbons (Fsp3) is 0.350. The Morgan fingerprint density at radius 3 is 2.64 bits per heavy atom. The fourth-order valence-corrected chi connectivity index (χ4v) is 3.13. The SMILES string of the molecule is CC1CCN(c2ccc(NC(=O)CCc3cc(F)ccc3F)cc2)C1. The van der Waals surface area contributed by atoms with E-state index in [9.17, 15) is 13.6 Å². The van der Waals surface area contributed by atoms with Crippen LogP contribution in [0, 0.1) is 17.6 Å². The largest absolute Gasteiger partial charge is 0.371 e. The average Bonchev–Trinajstić information content (AvgIpc) is 3.03. The van der Waals surface area contributed by atoms with Crippen LogP contribution in [0.5, 0.6) is 0 Å². The van der Waals surface area contributed by atoms with Crippen molar-refractivity contribution in [2.24, 2.45) is 5.92 Å². The van der Waals surface area contributed by atoms with Crippen LogP contribution < -0.4 is 10.2 Å². The van der Waals surface area contributed by atoms with Crippen molar-refractivity contribution in [1.82, 2.24) is 0 Å². The molecule has 1 atom stereocenters. The number of nitrogens with one attached hydrogen (secondary N) is 1. The summed E-state index contributed by atoms with van der Waals surface area (Å²) in [6.07, 6.45) is 1.47. The summed E-state index contributed by atoms with van der Waals surface area (Å²) in [5, 5.41) is 2.80. The highest BCUT2D eigenvalue weighted by molar-refractivity contribution is 5.91. The second-order valence-electron chi connectivity index (χ2n) is 6.67. The Kier molecular flexibility index (Phi) is 5.31. The molecule has 0 bridgehead atoms. The standard InChI is InChI=1S/C20H22F2N2O/c1-14-10-11-24(13-14)18-6-4-17(5-7-18)23-20(25)9-2-15-12-16(21)3-8-19(15)22/h3-8,12,14H,2,9-11,13H2,1H3,(H,23,25). The lowest BCUT2D eigenvalue weighted by Crippen LogP contribution is -2.19. The van der Waals surface area contributed by atoms with Crippen molar-refractivity contribution in [3.63, 3.8) is 0 Å². The van der Waals surface area contributed by atoms with E-state index >= 15 is 0 Å². The van der Waals surface area contributed by atoms with Crippen molar-refractivity contribution < 1.29 is 13.6 Å². The summed E-state index contributed by atoms with van der Waals surface area (Å²) in [7, 11) is 0. The molecule has 0 spiro atoms. The zero-order chi connectivity index (χ0) is 17.8. The third-order valence-electron chi connectivity index (χ3n) is 4.57. The molecule has 2 aromatic carbocycles. The van der Waals surface area contributed by atoms with Crippen LogP contribution in [0.15, 0.2) is 42.5 Å². The Morgan fingerprint density at radius 1 is 1.20 bits per heavy atom. The zero-order valence-electron chi connectivity index (χ0n) is 14.3. The minimum absolute atomic E-state index is 0.103. The van der Waals surface area contributed by atoms with E-state index in [1.807, 2.05) is 24.3 Å². The van der Waals surface area contributed by atoms with E-state index in [4.69, 9.17) is 0 Å². The van der Waals surface area contributed by atoms with Gasteiger partial charge in [-0.05, 0) is 66.8 Å². The Labute approximate surface area is 146 Å². The van der Waals surface area contributed by atoms with Gasteiger partial charge in [0.1, 0.15) is 11.6 Å². The number of aryl methyl sites for hydroxylation is 1. The predicted octanol–water partition coefficient (Wildman–Crippen LogP) is 4.38. The maximum Gasteiger partial charge on any atom is 0.224 e. The van der Waals surface area contributed by atoms with Crippen LogP contribution in [0.1, 0.15) is 25.3 Å². The summed E-state index contributed by atoms with van der Waals surface area (Å²) in [5.41, 5.74) is 2.08. The van der Waals surface area contributed by atoms with Crippen LogP contribution in [0.4, 0.5) is 20.2 Å². The number of carbonyl (C=O) groups is 1. The summed E-state index contributed by atoms with van der Waals surface area (Å²) in [4.78, 5) is 14.4. The van der Waals surface area contributed by atoms with E-state index in [0.29, 0.717) is 11.6 Å². The molecular weight excluding hydrogens is 322 g/mol. The smallest absolute Gasteiger partial charge is 0.224 e. The van der Waals surface area contributed by atoms with Gasteiger partial charge in [0.05, 0.1) is 0 Å². The van der Waals surface area contributed by atoms with Gasteiger partial charge in [-0.25, -0.2) is 8.78 Å². The van der Waals surface area contributed by atoms with Crippen molar-refractivity contribution in [3.05, 3.63) is 59.7 Å². The highest BCUT2D eigenvalue weighted by Crippen LogP contribution is 2.24. The molecule has 1 saturated heterocycles. The van der Waals surface area contributed by atoms with E-state index in [1.165, 1.54) is 6.42 Å². The van der Waals surface area contributed by atoms with Gasteiger partial charge in [0.25, 0.3) is 0 Å². The van der Waals surface area contributed by atoms with E-state index in [1.54, 1.807) is 0 Å². The summed E-state index contributed by atoms with van der Waals surface area (Å²) < 4.78 is 26.7. The highest BCUT2D eigenvalue weighted by Gasteiger charge is 2.18. The number of halogens is 2. The normalized spacial score (nSPS) is 16.9. The van der Waals surface area contributed by atoms with E-state index < -0.39 is 11.6 Å². The van der Waals surface area contributed by atoms with Gasteiger partial charge < -0.3 is 10.2 Å². The number of nitrogens with zero attached hydrogens (tertiary/aromatic N) is 1. The first-order chi connectivity index (χ1) is 12.0. The molecule has 0 aliphatic carbocycles. The third-order valence-corrected chi connectivity index (χ3v) is 4.57. The molecule has 3 nitrogen and oxygen atoms in total. The molecule has 1 amide bonds. The van der Waals surface area contributed by atoms with Crippen LogP contribution in [0.3, 0.4) is 0 Å². The Hall–Kier alpha value is -2.43. The minimum Gasteiger partial charge on any atom is -0.371 e. The number of anilines is 2. The number of rotatable bonds is 5. The van der Waals surface area contributed by atoms with Gasteiger partial charge in [0.15, 0.2) is 0 Å². The molecule has 1 aliphatic rings. The zero-order valence-corrected chi connectivity index (χ0v) is 14.3. The minimum atomic E-state index is -0.497. The van der Waals surface area contributed by atoms with Gasteiger partial charge in [-0.2, -0.15) is 0 Å². The van der Waals surface area contributed by atoms with Crippen molar-refractivity contribution in [2.75, 3.05) is 23.3 Å². The summed E-state index contributed by atoms with van der Waals surface area (Å²) in [5.74, 6) is -0.490.